The Kier molecular flexibility index (Phi) is 2.77. The zero-order valence-electron chi connectivity index (χ0n) is 6.01. The van der Waals surface area contributed by atoms with Crippen molar-refractivity contribution < 1.29 is 5.73 Å². The van der Waals surface area contributed by atoms with E-state index >= 15 is 0 Å². The van der Waals surface area contributed by atoms with Crippen LogP contribution in [-0.2, 0) is 0 Å². The van der Waals surface area contributed by atoms with E-state index in [9.17, 15) is 0 Å². The van der Waals surface area contributed by atoms with Crippen LogP contribution in [0.1, 0.15) is 0 Å². The van der Waals surface area contributed by atoms with Crippen LogP contribution in [0.3, 0.4) is 0 Å². The van der Waals surface area contributed by atoms with E-state index in [4.69, 9.17) is 0 Å². The van der Waals surface area contributed by atoms with Gasteiger partial charge in [0.05, 0.1) is 13.1 Å². The number of para-hydroxylation sites is 1. The van der Waals surface area contributed by atoms with Crippen molar-refractivity contribution in [3.05, 3.63) is 30.3 Å². The van der Waals surface area contributed by atoms with Crippen molar-refractivity contribution in [3.63, 3.8) is 0 Å². The minimum atomic E-state index is 0.925. The number of quaternary nitrogens is 1. The van der Waals surface area contributed by atoms with E-state index in [1.54, 1.807) is 0 Å². The summed E-state index contributed by atoms with van der Waals surface area (Å²) in [5.74, 6) is 0. The van der Waals surface area contributed by atoms with Crippen LogP contribution in [0, 0.1) is 0 Å². The van der Waals surface area contributed by atoms with E-state index in [1.807, 2.05) is 18.2 Å². The molecule has 1 aromatic rings. The Labute approximate surface area is 61.1 Å². The minimum absolute atomic E-state index is 0.925. The zero-order valence-corrected chi connectivity index (χ0v) is 6.01. The van der Waals surface area contributed by atoms with Crippen LogP contribution in [0.25, 0.3) is 0 Å². The summed E-state index contributed by atoms with van der Waals surface area (Å²) in [4.78, 5) is 0. The van der Waals surface area contributed by atoms with Crippen molar-refractivity contribution in [2.75, 3.05) is 18.4 Å². The second-order valence-electron chi connectivity index (χ2n) is 2.15. The fourth-order valence-corrected chi connectivity index (χ4v) is 0.789. The third kappa shape index (κ3) is 2.07. The molecular formula is C8H13N2+. The Balaban J connectivity index is 2.43. The summed E-state index contributed by atoms with van der Waals surface area (Å²) in [6.07, 6.45) is 0. The van der Waals surface area contributed by atoms with E-state index in [0.717, 1.165) is 13.1 Å². The van der Waals surface area contributed by atoms with E-state index in [2.05, 4.69) is 23.2 Å². The Morgan fingerprint density at radius 2 is 1.90 bits per heavy atom. The predicted octanol–water partition coefficient (Wildman–Crippen LogP) is 0.340. The molecule has 0 unspecified atom stereocenters. The van der Waals surface area contributed by atoms with Crippen molar-refractivity contribution in [3.8, 4) is 0 Å². The lowest BCUT2D eigenvalue weighted by Gasteiger charge is -2.00. The highest BCUT2D eigenvalue weighted by molar-refractivity contribution is 5.42. The maximum atomic E-state index is 3.74. The maximum absolute atomic E-state index is 3.74. The predicted molar refractivity (Wildman–Crippen MR) is 42.7 cm³/mol. The van der Waals surface area contributed by atoms with Crippen LogP contribution in [0.15, 0.2) is 30.3 Å². The summed E-state index contributed by atoms with van der Waals surface area (Å²) < 4.78 is 0. The van der Waals surface area contributed by atoms with E-state index in [-0.39, 0.29) is 0 Å². The molecule has 0 saturated heterocycles. The van der Waals surface area contributed by atoms with Crippen LogP contribution < -0.4 is 11.1 Å². The van der Waals surface area contributed by atoms with Gasteiger partial charge in [-0.2, -0.15) is 0 Å². The number of anilines is 1. The molecule has 0 aromatic heterocycles. The highest BCUT2D eigenvalue weighted by Gasteiger charge is 1.85. The third-order valence-corrected chi connectivity index (χ3v) is 1.28. The molecule has 0 aliphatic rings. The van der Waals surface area contributed by atoms with E-state index < -0.39 is 0 Å². The minimum Gasteiger partial charge on any atom is -0.379 e. The van der Waals surface area contributed by atoms with Gasteiger partial charge in [-0.15, -0.1) is 0 Å². The fraction of sp³-hybridized carbons (Fsp3) is 0.250. The molecule has 2 heteroatoms. The molecule has 0 radical (unpaired) electrons. The first-order chi connectivity index (χ1) is 4.93. The summed E-state index contributed by atoms with van der Waals surface area (Å²) in [7, 11) is 0. The summed E-state index contributed by atoms with van der Waals surface area (Å²) in [5, 5.41) is 3.23. The number of hydrogen-bond acceptors (Lipinski definition) is 1. The average molecular weight is 137 g/mol. The summed E-state index contributed by atoms with van der Waals surface area (Å²) in [5.41, 5.74) is 4.91. The average Bonchev–Trinajstić information content (AvgIpc) is 2.03. The molecule has 0 aliphatic carbocycles. The number of rotatable bonds is 3. The molecule has 0 heterocycles. The second-order valence-corrected chi connectivity index (χ2v) is 2.15. The molecule has 2 nitrogen and oxygen atoms in total. The van der Waals surface area contributed by atoms with Gasteiger partial charge in [0.2, 0.25) is 0 Å². The summed E-state index contributed by atoms with van der Waals surface area (Å²) in [6.45, 7) is 1.87. The number of benzene rings is 1. The molecule has 10 heavy (non-hydrogen) atoms. The van der Waals surface area contributed by atoms with Crippen LogP contribution in [-0.4, -0.2) is 13.1 Å². The molecule has 0 bridgehead atoms. The Morgan fingerprint density at radius 1 is 1.20 bits per heavy atom. The Bertz CT molecular complexity index is 172. The Hall–Kier alpha value is -1.02. The summed E-state index contributed by atoms with van der Waals surface area (Å²) >= 11 is 0. The van der Waals surface area contributed by atoms with Crippen molar-refractivity contribution in [2.45, 2.75) is 0 Å². The number of nitrogens with one attached hydrogen (secondary N) is 1. The topological polar surface area (TPSA) is 39.7 Å². The zero-order chi connectivity index (χ0) is 7.23. The summed E-state index contributed by atoms with van der Waals surface area (Å²) in [6, 6.07) is 10.2. The lowest BCUT2D eigenvalue weighted by molar-refractivity contribution is -0.362. The second kappa shape index (κ2) is 3.90. The molecular weight excluding hydrogens is 124 g/mol. The first kappa shape index (κ1) is 7.09. The quantitative estimate of drug-likeness (QED) is 0.619. The van der Waals surface area contributed by atoms with Crippen molar-refractivity contribution >= 4 is 5.69 Å². The van der Waals surface area contributed by atoms with Crippen LogP contribution in [0.2, 0.25) is 0 Å². The normalized spacial score (nSPS) is 9.30. The molecule has 0 spiro atoms. The van der Waals surface area contributed by atoms with Gasteiger partial charge in [-0.3, -0.25) is 0 Å². The van der Waals surface area contributed by atoms with Gasteiger partial charge in [0.1, 0.15) is 0 Å². The SMILES string of the molecule is [NH3+]CCNc1ccccc1. The van der Waals surface area contributed by atoms with Gasteiger partial charge < -0.3 is 11.1 Å². The van der Waals surface area contributed by atoms with Gasteiger partial charge in [0, 0.05) is 5.69 Å². The third-order valence-electron chi connectivity index (χ3n) is 1.28. The molecule has 54 valence electrons. The Morgan fingerprint density at radius 3 is 2.50 bits per heavy atom. The maximum Gasteiger partial charge on any atom is 0.0915 e. The van der Waals surface area contributed by atoms with Crippen molar-refractivity contribution in [2.24, 2.45) is 0 Å². The fourth-order valence-electron chi connectivity index (χ4n) is 0.789. The largest absolute Gasteiger partial charge is 0.379 e. The van der Waals surface area contributed by atoms with Gasteiger partial charge >= 0.3 is 0 Å². The molecule has 0 fully saturated rings. The highest BCUT2D eigenvalue weighted by Crippen LogP contribution is 2.02. The molecule has 0 aliphatic heterocycles. The molecule has 4 N–H and O–H groups in total. The molecule has 0 atom stereocenters. The molecule has 0 saturated carbocycles. The van der Waals surface area contributed by atoms with Crippen LogP contribution >= 0.6 is 0 Å². The molecule has 1 aromatic carbocycles. The molecule has 1 rings (SSSR count). The van der Waals surface area contributed by atoms with Crippen LogP contribution in [0.5, 0.6) is 0 Å². The lowest BCUT2D eigenvalue weighted by Crippen LogP contribution is -2.53. The van der Waals surface area contributed by atoms with Crippen molar-refractivity contribution in [1.29, 1.82) is 0 Å². The standard InChI is InChI=1S/C8H12N2/c9-6-7-10-8-4-2-1-3-5-8/h1-5,10H,6-7,9H2/p+1. The van der Waals surface area contributed by atoms with Gasteiger partial charge in [-0.25, -0.2) is 0 Å². The van der Waals surface area contributed by atoms with Gasteiger partial charge in [-0.1, -0.05) is 18.2 Å². The van der Waals surface area contributed by atoms with Gasteiger partial charge in [0.15, 0.2) is 0 Å². The van der Waals surface area contributed by atoms with Gasteiger partial charge in [-0.05, 0) is 12.1 Å². The lowest BCUT2D eigenvalue weighted by atomic mass is 10.3. The molecule has 0 amide bonds. The highest BCUT2D eigenvalue weighted by atomic mass is 14.9. The number of hydrogen-bond donors (Lipinski definition) is 2. The van der Waals surface area contributed by atoms with E-state index in [1.165, 1.54) is 5.69 Å². The van der Waals surface area contributed by atoms with Gasteiger partial charge in [0.25, 0.3) is 0 Å². The monoisotopic (exact) mass is 137 g/mol. The van der Waals surface area contributed by atoms with Crippen LogP contribution in [0.4, 0.5) is 5.69 Å². The smallest absolute Gasteiger partial charge is 0.0915 e. The first-order valence-corrected chi connectivity index (χ1v) is 3.51. The van der Waals surface area contributed by atoms with Crippen molar-refractivity contribution in [1.82, 2.24) is 0 Å². The van der Waals surface area contributed by atoms with E-state index in [0.29, 0.717) is 0 Å². The first-order valence-electron chi connectivity index (χ1n) is 3.51.